The Morgan fingerprint density at radius 1 is 0.892 bits per heavy atom. The van der Waals surface area contributed by atoms with Crippen molar-refractivity contribution < 1.29 is 33.8 Å². The molecule has 6 atom stereocenters. The van der Waals surface area contributed by atoms with Gasteiger partial charge in [0.05, 0.1) is 63.3 Å². The number of piperidine rings is 2. The molecule has 9 heterocycles. The lowest BCUT2D eigenvalue weighted by molar-refractivity contribution is -0.141. The maximum atomic E-state index is 14.5. The van der Waals surface area contributed by atoms with E-state index in [1.807, 2.05) is 87.9 Å². The number of nitrogens with one attached hydrogen (secondary N) is 1. The van der Waals surface area contributed by atoms with Gasteiger partial charge in [-0.2, -0.15) is 5.26 Å². The second-order valence-corrected chi connectivity index (χ2v) is 25.1. The standard InChI is InChI=1S/C62H75N13O7S/c1-37(2)57(61(79)74-33-45(76)26-52(74)60(78)67-38(3)40-9-11-41(12-10-40)58-39(4)66-36-83-58)54-30-55(70-82-54)72-23-18-62(34-63,19-24-72)35-71-21-16-46(17-22-71)80-47-27-48(28-47)81-56-25-42(15-20-65-56)75-43-13-14-44(75)32-73(31-43)51-29-50(68-69-59(51)64)49-7-5-6-8-53(49)77/h5-12,15,20,25,29-30,36-38,43-48,52,57,76-77H,13-14,16-19,21-24,26-28,31-33,35H2,1-4H3,(H2,64,69)(H,67,78)/t38-,43+,44?,45+,47?,48?,52-,57+/m0/s1. The van der Waals surface area contributed by atoms with Crippen molar-refractivity contribution >= 4 is 46.2 Å². The number of aromatic hydroxyl groups is 1. The van der Waals surface area contributed by atoms with E-state index in [0.717, 1.165) is 97.8 Å². The van der Waals surface area contributed by atoms with Crippen molar-refractivity contribution in [2.45, 2.75) is 140 Å². The molecule has 0 radical (unpaired) electrons. The number of fused-ring (bicyclic) bond motifs is 2. The van der Waals surface area contributed by atoms with E-state index in [4.69, 9.17) is 19.7 Å². The Morgan fingerprint density at radius 2 is 1.64 bits per heavy atom. The first-order valence-corrected chi connectivity index (χ1v) is 30.4. The lowest BCUT2D eigenvalue weighted by Crippen LogP contribution is -2.54. The quantitative estimate of drug-likeness (QED) is 0.0678. The highest BCUT2D eigenvalue weighted by Gasteiger charge is 2.46. The summed E-state index contributed by atoms with van der Waals surface area (Å²) in [6.07, 6.45) is 8.47. The van der Waals surface area contributed by atoms with Crippen LogP contribution in [0.1, 0.15) is 108 Å². The highest BCUT2D eigenvalue weighted by Crippen LogP contribution is 2.42. The zero-order chi connectivity index (χ0) is 57.5. The molecular weight excluding hydrogens is 1070 g/mol. The molecule has 1 saturated carbocycles. The molecule has 2 bridgehead atoms. The van der Waals surface area contributed by atoms with Gasteiger partial charge in [0.15, 0.2) is 17.4 Å². The summed E-state index contributed by atoms with van der Waals surface area (Å²) in [5, 5.41) is 48.1. The van der Waals surface area contributed by atoms with Crippen LogP contribution in [0.5, 0.6) is 11.6 Å². The number of nitriles is 1. The number of β-amino-alcohol motifs (C(OH)–C–C–N with tert-alkyl or cyclic N) is 1. The second-order valence-electron chi connectivity index (χ2n) is 24.2. The van der Waals surface area contributed by atoms with Gasteiger partial charge in [-0.25, -0.2) is 9.97 Å². The van der Waals surface area contributed by atoms with E-state index < -0.39 is 23.5 Å². The number of aromatic nitrogens is 5. The van der Waals surface area contributed by atoms with E-state index in [1.165, 1.54) is 4.90 Å². The third kappa shape index (κ3) is 11.8. The Bertz CT molecular complexity index is 3300. The minimum absolute atomic E-state index is 0.0449. The SMILES string of the molecule is Cc1ncsc1-c1ccc([C@H](C)NC(=O)[C@@H]2C[C@@H](O)CN2C(=O)[C@@H](c2cc(N3CCC(C#N)(CN4CCC(OC5CC(Oc6cc(N7C8CC[C@@H]7CN(c7cc(-c9ccccc9O)nnc7N)C8)ccn6)C5)CC4)CC3)no2)C(C)C)cc1. The molecule has 436 valence electrons. The number of thiazole rings is 1. The van der Waals surface area contributed by atoms with E-state index in [2.05, 4.69) is 68.4 Å². The van der Waals surface area contributed by atoms with Gasteiger partial charge >= 0.3 is 0 Å². The predicted octanol–water partition coefficient (Wildman–Crippen LogP) is 7.88. The summed E-state index contributed by atoms with van der Waals surface area (Å²) >= 11 is 1.59. The molecule has 20 nitrogen and oxygen atoms in total. The number of amides is 2. The van der Waals surface area contributed by atoms with Crippen molar-refractivity contribution in [3.8, 4) is 39.4 Å². The van der Waals surface area contributed by atoms with Crippen LogP contribution in [0.2, 0.25) is 0 Å². The third-order valence-corrected chi connectivity index (χ3v) is 19.3. The van der Waals surface area contributed by atoms with Crippen molar-refractivity contribution in [2.75, 3.05) is 72.8 Å². The normalized spacial score (nSPS) is 24.3. The number of aliphatic hydroxyl groups is 1. The van der Waals surface area contributed by atoms with Crippen molar-refractivity contribution in [3.05, 3.63) is 102 Å². The van der Waals surface area contributed by atoms with E-state index >= 15 is 0 Å². The molecule has 5 saturated heterocycles. The monoisotopic (exact) mass is 1150 g/mol. The number of rotatable bonds is 17. The third-order valence-electron chi connectivity index (χ3n) is 18.3. The molecule has 2 aromatic carbocycles. The molecular formula is C62H75N13O7S. The average Bonchev–Trinajstić information content (AvgIpc) is 4.32. The van der Waals surface area contributed by atoms with Gasteiger partial charge < -0.3 is 59.8 Å². The van der Waals surface area contributed by atoms with Crippen LogP contribution in [0.25, 0.3) is 21.7 Å². The number of nitrogens with zero attached hydrogens (tertiary/aromatic N) is 11. The summed E-state index contributed by atoms with van der Waals surface area (Å²) < 4.78 is 19.0. The summed E-state index contributed by atoms with van der Waals surface area (Å²) in [5.74, 6) is 0.736. The van der Waals surface area contributed by atoms with Crippen molar-refractivity contribution in [2.24, 2.45) is 11.3 Å². The number of benzene rings is 2. The Labute approximate surface area is 488 Å². The molecule has 4 aromatic heterocycles. The number of nitrogen functional groups attached to an aromatic ring is 1. The topological polar surface area (TPSA) is 249 Å². The van der Waals surface area contributed by atoms with E-state index in [0.29, 0.717) is 67.0 Å². The number of likely N-dealkylation sites (tertiary alicyclic amines) is 2. The van der Waals surface area contributed by atoms with Crippen LogP contribution >= 0.6 is 11.3 Å². The lowest BCUT2D eigenvalue weighted by atomic mass is 9.79. The number of carbonyl (C=O) groups excluding carboxylic acids is 2. The van der Waals surface area contributed by atoms with Crippen LogP contribution in [0.15, 0.2) is 89.0 Å². The molecule has 5 aliphatic heterocycles. The molecule has 6 aliphatic rings. The molecule has 83 heavy (non-hydrogen) atoms. The molecule has 5 N–H and O–H groups in total. The predicted molar refractivity (Wildman–Crippen MR) is 316 cm³/mol. The number of nitrogens with two attached hydrogens (primary N) is 1. The van der Waals surface area contributed by atoms with Crippen LogP contribution < -0.4 is 30.5 Å². The van der Waals surface area contributed by atoms with Crippen LogP contribution in [-0.4, -0.2) is 152 Å². The number of phenolic OH excluding ortho intramolecular Hbond substituents is 1. The zero-order valence-electron chi connectivity index (χ0n) is 47.7. The fraction of sp³-hybridized carbons (Fsp3) is 0.516. The maximum Gasteiger partial charge on any atom is 0.243 e. The van der Waals surface area contributed by atoms with Crippen LogP contribution in [0.3, 0.4) is 0 Å². The van der Waals surface area contributed by atoms with Crippen LogP contribution in [-0.2, 0) is 14.3 Å². The number of phenols is 1. The van der Waals surface area contributed by atoms with Gasteiger partial charge in [0.25, 0.3) is 0 Å². The zero-order valence-corrected chi connectivity index (χ0v) is 48.5. The Kier molecular flexibility index (Phi) is 16.0. The van der Waals surface area contributed by atoms with Crippen molar-refractivity contribution in [1.82, 2.24) is 40.4 Å². The molecule has 1 unspecified atom stereocenters. The molecule has 12 rings (SSSR count). The van der Waals surface area contributed by atoms with Crippen molar-refractivity contribution in [1.29, 1.82) is 5.26 Å². The number of aliphatic hydroxyl groups excluding tert-OH is 1. The molecule has 2 amide bonds. The highest BCUT2D eigenvalue weighted by atomic mass is 32.1. The number of piperazine rings is 1. The minimum atomic E-state index is -0.836. The first-order valence-electron chi connectivity index (χ1n) is 29.6. The van der Waals surface area contributed by atoms with Crippen LogP contribution in [0, 0.1) is 29.6 Å². The lowest BCUT2D eigenvalue weighted by Gasteiger charge is -2.44. The molecule has 0 spiro atoms. The van der Waals surface area contributed by atoms with E-state index in [-0.39, 0.29) is 72.9 Å². The van der Waals surface area contributed by atoms with E-state index in [1.54, 1.807) is 23.5 Å². The molecule has 6 aromatic rings. The number of hydrogen-bond donors (Lipinski definition) is 4. The Balaban J connectivity index is 0.580. The summed E-state index contributed by atoms with van der Waals surface area (Å²) in [6, 6.07) is 25.2. The van der Waals surface area contributed by atoms with Gasteiger partial charge in [0.2, 0.25) is 17.7 Å². The highest BCUT2D eigenvalue weighted by molar-refractivity contribution is 7.13. The van der Waals surface area contributed by atoms with Gasteiger partial charge in [-0.3, -0.25) is 9.59 Å². The molecule has 6 fully saturated rings. The number of para-hydroxylation sites is 1. The fourth-order valence-electron chi connectivity index (χ4n) is 13.6. The van der Waals surface area contributed by atoms with Gasteiger partial charge in [-0.1, -0.05) is 55.4 Å². The first kappa shape index (κ1) is 56.1. The summed E-state index contributed by atoms with van der Waals surface area (Å²) in [6.45, 7) is 13.1. The van der Waals surface area contributed by atoms with Gasteiger partial charge in [-0.05, 0) is 93.7 Å². The Morgan fingerprint density at radius 3 is 2.34 bits per heavy atom. The number of ether oxygens (including phenoxy) is 2. The van der Waals surface area contributed by atoms with Gasteiger partial charge in [0.1, 0.15) is 23.8 Å². The minimum Gasteiger partial charge on any atom is -0.507 e. The second kappa shape index (κ2) is 23.7. The number of aryl methyl sites for hydroxylation is 1. The van der Waals surface area contributed by atoms with Crippen molar-refractivity contribution in [3.63, 3.8) is 0 Å². The number of carbonyl (C=O) groups is 2. The van der Waals surface area contributed by atoms with Gasteiger partial charge in [-0.15, -0.1) is 21.5 Å². The summed E-state index contributed by atoms with van der Waals surface area (Å²) in [7, 11) is 0. The molecule has 21 heteroatoms. The van der Waals surface area contributed by atoms with E-state index in [9.17, 15) is 25.1 Å². The summed E-state index contributed by atoms with van der Waals surface area (Å²) in [4.78, 5) is 49.3. The van der Waals surface area contributed by atoms with Gasteiger partial charge in [0, 0.05) is 113 Å². The molecule has 1 aliphatic carbocycles. The fourth-order valence-corrected chi connectivity index (χ4v) is 14.4. The smallest absolute Gasteiger partial charge is 0.243 e. The first-order chi connectivity index (χ1) is 40.2. The number of anilines is 4. The Hall–Kier alpha value is -7.38. The largest absolute Gasteiger partial charge is 0.507 e. The van der Waals surface area contributed by atoms with Crippen LogP contribution in [0.4, 0.5) is 23.0 Å². The maximum absolute atomic E-state index is 14.5. The number of pyridine rings is 1. The number of hydrogen-bond acceptors (Lipinski definition) is 19. The average molecular weight is 1150 g/mol. The summed E-state index contributed by atoms with van der Waals surface area (Å²) in [5.41, 5.74) is 13.9.